The van der Waals surface area contributed by atoms with E-state index in [1.165, 1.54) is 0 Å². The molecule has 19 heavy (non-hydrogen) atoms. The Bertz CT molecular complexity index is 424. The molecule has 2 rings (SSSR count). The summed E-state index contributed by atoms with van der Waals surface area (Å²) in [7, 11) is -2.94. The zero-order chi connectivity index (χ0) is 13.9. The molecule has 0 radical (unpaired) electrons. The van der Waals surface area contributed by atoms with Gasteiger partial charge in [0.15, 0.2) is 9.84 Å². The Morgan fingerprint density at radius 3 is 2.95 bits per heavy atom. The molecule has 2 unspecified atom stereocenters. The van der Waals surface area contributed by atoms with Gasteiger partial charge >= 0.3 is 0 Å². The smallest absolute Gasteiger partial charge is 0.238 e. The average molecular weight is 289 g/mol. The molecule has 0 spiro atoms. The molecule has 2 aliphatic rings. The maximum Gasteiger partial charge on any atom is 0.238 e. The number of likely N-dealkylation sites (N-methyl/N-ethyl adjacent to an activating group) is 1. The van der Waals surface area contributed by atoms with Gasteiger partial charge in [0, 0.05) is 32.2 Å². The Balaban J connectivity index is 2.08. The molecule has 2 saturated heterocycles. The van der Waals surface area contributed by atoms with Gasteiger partial charge in [0.25, 0.3) is 0 Å². The van der Waals surface area contributed by atoms with Crippen LogP contribution in [0.4, 0.5) is 0 Å². The number of hydrogen-bond donors (Lipinski definition) is 2. The fourth-order valence-corrected chi connectivity index (χ4v) is 4.67. The van der Waals surface area contributed by atoms with Crippen molar-refractivity contribution in [1.82, 2.24) is 15.5 Å². The molecule has 0 aliphatic carbocycles. The standard InChI is InChI=1S/C12H23N3O3S/c1-2-14-12(16)11-8-13-5-6-15(11)10-4-3-7-19(17,18)9-10/h10-11,13H,2-9H2,1H3,(H,14,16). The maximum atomic E-state index is 12.1. The van der Waals surface area contributed by atoms with Crippen molar-refractivity contribution < 1.29 is 13.2 Å². The van der Waals surface area contributed by atoms with E-state index in [0.29, 0.717) is 25.3 Å². The zero-order valence-corrected chi connectivity index (χ0v) is 12.2. The first-order chi connectivity index (χ1) is 9.03. The van der Waals surface area contributed by atoms with Gasteiger partial charge < -0.3 is 10.6 Å². The van der Waals surface area contributed by atoms with Crippen LogP contribution in [0.25, 0.3) is 0 Å². The van der Waals surface area contributed by atoms with Crippen molar-refractivity contribution in [3.05, 3.63) is 0 Å². The van der Waals surface area contributed by atoms with Crippen molar-refractivity contribution in [2.24, 2.45) is 0 Å². The molecule has 0 aromatic carbocycles. The second kappa shape index (κ2) is 6.19. The normalized spacial score (nSPS) is 31.8. The van der Waals surface area contributed by atoms with Crippen molar-refractivity contribution in [3.8, 4) is 0 Å². The lowest BCUT2D eigenvalue weighted by Gasteiger charge is -2.41. The summed E-state index contributed by atoms with van der Waals surface area (Å²) in [6.45, 7) is 4.65. The van der Waals surface area contributed by atoms with Crippen LogP contribution in [0.3, 0.4) is 0 Å². The molecule has 1 amide bonds. The molecule has 0 bridgehead atoms. The topological polar surface area (TPSA) is 78.5 Å². The second-order valence-corrected chi connectivity index (χ2v) is 7.49. The molecule has 2 heterocycles. The molecule has 2 fully saturated rings. The minimum Gasteiger partial charge on any atom is -0.355 e. The molecule has 0 aromatic heterocycles. The minimum absolute atomic E-state index is 0.00216. The maximum absolute atomic E-state index is 12.1. The highest BCUT2D eigenvalue weighted by Gasteiger charge is 2.37. The van der Waals surface area contributed by atoms with Gasteiger partial charge in [-0.2, -0.15) is 0 Å². The summed E-state index contributed by atoms with van der Waals surface area (Å²) in [5.41, 5.74) is 0. The Morgan fingerprint density at radius 2 is 2.26 bits per heavy atom. The van der Waals surface area contributed by atoms with Crippen LogP contribution in [0.15, 0.2) is 0 Å². The molecule has 7 heteroatoms. The molecule has 0 saturated carbocycles. The van der Waals surface area contributed by atoms with Gasteiger partial charge in [0.2, 0.25) is 5.91 Å². The second-order valence-electron chi connectivity index (χ2n) is 5.26. The Hall–Kier alpha value is -0.660. The van der Waals surface area contributed by atoms with E-state index in [1.807, 2.05) is 6.92 Å². The first-order valence-electron chi connectivity index (χ1n) is 6.98. The van der Waals surface area contributed by atoms with Crippen LogP contribution >= 0.6 is 0 Å². The highest BCUT2D eigenvalue weighted by molar-refractivity contribution is 7.91. The first kappa shape index (κ1) is 14.7. The first-order valence-corrected chi connectivity index (χ1v) is 8.80. The SMILES string of the molecule is CCNC(=O)C1CNCCN1C1CCCS(=O)(=O)C1. The summed E-state index contributed by atoms with van der Waals surface area (Å²) < 4.78 is 23.5. The summed E-state index contributed by atoms with van der Waals surface area (Å²) >= 11 is 0. The number of sulfone groups is 1. The van der Waals surface area contributed by atoms with E-state index in [2.05, 4.69) is 15.5 Å². The Kier molecular flexibility index (Phi) is 4.81. The van der Waals surface area contributed by atoms with Crippen LogP contribution in [-0.4, -0.2) is 69.0 Å². The van der Waals surface area contributed by atoms with Crippen molar-refractivity contribution >= 4 is 15.7 Å². The van der Waals surface area contributed by atoms with Crippen molar-refractivity contribution in [2.45, 2.75) is 31.8 Å². The summed E-state index contributed by atoms with van der Waals surface area (Å²) in [5.74, 6) is 0.488. The van der Waals surface area contributed by atoms with E-state index in [0.717, 1.165) is 19.5 Å². The van der Waals surface area contributed by atoms with Gasteiger partial charge in [0.1, 0.15) is 6.04 Å². The number of carbonyl (C=O) groups is 1. The third-order valence-electron chi connectivity index (χ3n) is 3.85. The van der Waals surface area contributed by atoms with Crippen molar-refractivity contribution in [1.29, 1.82) is 0 Å². The number of amides is 1. The number of carbonyl (C=O) groups excluding carboxylic acids is 1. The monoisotopic (exact) mass is 289 g/mol. The summed E-state index contributed by atoms with van der Waals surface area (Å²) in [5, 5.41) is 6.05. The largest absolute Gasteiger partial charge is 0.355 e. The van der Waals surface area contributed by atoms with E-state index < -0.39 is 9.84 Å². The van der Waals surface area contributed by atoms with Crippen LogP contribution in [0.5, 0.6) is 0 Å². The lowest BCUT2D eigenvalue weighted by atomic mass is 10.1. The molecule has 110 valence electrons. The minimum atomic E-state index is -2.94. The number of piperazine rings is 1. The van der Waals surface area contributed by atoms with Crippen LogP contribution in [0.1, 0.15) is 19.8 Å². The highest BCUT2D eigenvalue weighted by Crippen LogP contribution is 2.20. The van der Waals surface area contributed by atoms with Gasteiger partial charge in [-0.3, -0.25) is 9.69 Å². The van der Waals surface area contributed by atoms with Gasteiger partial charge in [-0.1, -0.05) is 0 Å². The van der Waals surface area contributed by atoms with Crippen LogP contribution in [0, 0.1) is 0 Å². The third kappa shape index (κ3) is 3.67. The Labute approximate surface area is 114 Å². The third-order valence-corrected chi connectivity index (χ3v) is 5.65. The molecule has 6 nitrogen and oxygen atoms in total. The number of hydrogen-bond acceptors (Lipinski definition) is 5. The number of nitrogens with zero attached hydrogens (tertiary/aromatic N) is 1. The van der Waals surface area contributed by atoms with Crippen LogP contribution in [0.2, 0.25) is 0 Å². The molecular weight excluding hydrogens is 266 g/mol. The molecule has 2 aliphatic heterocycles. The molecule has 2 atom stereocenters. The molecule has 0 aromatic rings. The fourth-order valence-electron chi connectivity index (χ4n) is 2.95. The summed E-state index contributed by atoms with van der Waals surface area (Å²) in [6.07, 6.45) is 1.58. The van der Waals surface area contributed by atoms with Crippen molar-refractivity contribution in [2.75, 3.05) is 37.7 Å². The summed E-state index contributed by atoms with van der Waals surface area (Å²) in [4.78, 5) is 14.2. The van der Waals surface area contributed by atoms with E-state index in [1.54, 1.807) is 0 Å². The predicted octanol–water partition coefficient (Wildman–Crippen LogP) is -1.03. The Morgan fingerprint density at radius 1 is 1.47 bits per heavy atom. The van der Waals surface area contributed by atoms with Gasteiger partial charge in [-0.05, 0) is 19.8 Å². The van der Waals surface area contributed by atoms with E-state index in [4.69, 9.17) is 0 Å². The number of rotatable bonds is 3. The van der Waals surface area contributed by atoms with E-state index in [9.17, 15) is 13.2 Å². The van der Waals surface area contributed by atoms with Crippen molar-refractivity contribution in [3.63, 3.8) is 0 Å². The van der Waals surface area contributed by atoms with E-state index >= 15 is 0 Å². The molecule has 2 N–H and O–H groups in total. The predicted molar refractivity (Wildman–Crippen MR) is 73.7 cm³/mol. The summed E-state index contributed by atoms with van der Waals surface area (Å²) in [6, 6.07) is -0.250. The fraction of sp³-hybridized carbons (Fsp3) is 0.917. The van der Waals surface area contributed by atoms with E-state index in [-0.39, 0.29) is 23.7 Å². The zero-order valence-electron chi connectivity index (χ0n) is 11.4. The van der Waals surface area contributed by atoms with Gasteiger partial charge in [0.05, 0.1) is 11.5 Å². The van der Waals surface area contributed by atoms with Crippen LogP contribution in [-0.2, 0) is 14.6 Å². The lowest BCUT2D eigenvalue weighted by molar-refractivity contribution is -0.128. The lowest BCUT2D eigenvalue weighted by Crippen LogP contribution is -2.62. The molecular formula is C12H23N3O3S. The van der Waals surface area contributed by atoms with Crippen LogP contribution < -0.4 is 10.6 Å². The van der Waals surface area contributed by atoms with Gasteiger partial charge in [-0.25, -0.2) is 8.42 Å². The highest BCUT2D eigenvalue weighted by atomic mass is 32.2. The quantitative estimate of drug-likeness (QED) is 0.695. The van der Waals surface area contributed by atoms with Gasteiger partial charge in [-0.15, -0.1) is 0 Å². The number of nitrogens with one attached hydrogen (secondary N) is 2. The average Bonchev–Trinajstić information content (AvgIpc) is 2.38.